The summed E-state index contributed by atoms with van der Waals surface area (Å²) < 4.78 is 15.4. The fraction of sp³-hybridized carbons (Fsp3) is 0.364. The van der Waals surface area contributed by atoms with Gasteiger partial charge < -0.3 is 30.2 Å². The van der Waals surface area contributed by atoms with Crippen LogP contribution in [-0.2, 0) is 14.3 Å². The number of rotatable bonds is 13. The van der Waals surface area contributed by atoms with E-state index in [9.17, 15) is 9.59 Å². The van der Waals surface area contributed by atoms with E-state index in [0.29, 0.717) is 43.4 Å². The summed E-state index contributed by atoms with van der Waals surface area (Å²) in [4.78, 5) is 24.2. The molecule has 0 heterocycles. The fourth-order valence-corrected chi connectivity index (χ4v) is 2.52. The van der Waals surface area contributed by atoms with E-state index in [4.69, 9.17) is 14.2 Å². The van der Waals surface area contributed by atoms with Crippen molar-refractivity contribution in [3.8, 4) is 5.75 Å². The Bertz CT molecular complexity index is 778. The van der Waals surface area contributed by atoms with Crippen molar-refractivity contribution in [2.24, 2.45) is 0 Å². The molecule has 2 rings (SSSR count). The van der Waals surface area contributed by atoms with Crippen LogP contribution in [0.15, 0.2) is 48.5 Å². The second-order valence-corrected chi connectivity index (χ2v) is 6.45. The molecule has 162 valence electrons. The Labute approximate surface area is 176 Å². The Hall–Kier alpha value is -3.10. The highest BCUT2D eigenvalue weighted by Crippen LogP contribution is 2.16. The molecule has 0 aromatic heterocycles. The maximum atomic E-state index is 12.1. The molecule has 30 heavy (non-hydrogen) atoms. The van der Waals surface area contributed by atoms with Crippen molar-refractivity contribution in [1.82, 2.24) is 5.32 Å². The molecule has 0 aliphatic carbocycles. The van der Waals surface area contributed by atoms with Gasteiger partial charge in [-0.3, -0.25) is 9.59 Å². The maximum Gasteiger partial charge on any atom is 0.251 e. The van der Waals surface area contributed by atoms with Crippen molar-refractivity contribution in [2.75, 3.05) is 57.8 Å². The largest absolute Gasteiger partial charge is 0.491 e. The topological polar surface area (TPSA) is 97.9 Å². The highest BCUT2D eigenvalue weighted by molar-refractivity contribution is 5.95. The Morgan fingerprint density at radius 3 is 2.17 bits per heavy atom. The van der Waals surface area contributed by atoms with Crippen molar-refractivity contribution in [1.29, 1.82) is 0 Å². The first-order valence-electron chi connectivity index (χ1n) is 9.75. The Balaban J connectivity index is 1.73. The molecule has 2 aromatic rings. The van der Waals surface area contributed by atoms with E-state index >= 15 is 0 Å². The monoisotopic (exact) mass is 415 g/mol. The average molecular weight is 415 g/mol. The standard InChI is InChI=1S/C22H29N3O5/c1-28-13-3-12-23-22(27)17-4-6-18(7-5-17)24-16-21(26)25-19-8-10-20(11-9-19)30-15-14-29-2/h4-11,24H,3,12-16H2,1-2H3,(H,23,27)(H,25,26). The highest BCUT2D eigenvalue weighted by Gasteiger charge is 2.06. The van der Waals surface area contributed by atoms with Crippen LogP contribution < -0.4 is 20.7 Å². The fourth-order valence-electron chi connectivity index (χ4n) is 2.52. The first kappa shape index (κ1) is 23.2. The van der Waals surface area contributed by atoms with Gasteiger partial charge in [-0.05, 0) is 55.0 Å². The molecular formula is C22H29N3O5. The maximum absolute atomic E-state index is 12.1. The first-order chi connectivity index (χ1) is 14.6. The molecule has 0 atom stereocenters. The molecular weight excluding hydrogens is 386 g/mol. The summed E-state index contributed by atoms with van der Waals surface area (Å²) in [5.41, 5.74) is 2.00. The van der Waals surface area contributed by atoms with Crippen molar-refractivity contribution in [3.05, 3.63) is 54.1 Å². The highest BCUT2D eigenvalue weighted by atomic mass is 16.5. The second kappa shape index (κ2) is 13.2. The number of anilines is 2. The van der Waals surface area contributed by atoms with Crippen LogP contribution in [0.5, 0.6) is 5.75 Å². The van der Waals surface area contributed by atoms with Gasteiger partial charge in [0.15, 0.2) is 0 Å². The van der Waals surface area contributed by atoms with E-state index < -0.39 is 0 Å². The normalized spacial score (nSPS) is 10.3. The zero-order valence-electron chi connectivity index (χ0n) is 17.4. The van der Waals surface area contributed by atoms with Crippen LogP contribution in [0.25, 0.3) is 0 Å². The third-order valence-electron chi connectivity index (χ3n) is 4.11. The summed E-state index contributed by atoms with van der Waals surface area (Å²) in [7, 11) is 3.25. The van der Waals surface area contributed by atoms with Crippen molar-refractivity contribution < 1.29 is 23.8 Å². The molecule has 8 nitrogen and oxygen atoms in total. The number of carbonyl (C=O) groups excluding carboxylic acids is 2. The molecule has 0 aliphatic heterocycles. The summed E-state index contributed by atoms with van der Waals surface area (Å²) in [6.07, 6.45) is 0.764. The van der Waals surface area contributed by atoms with Crippen LogP contribution in [0.4, 0.5) is 11.4 Å². The Morgan fingerprint density at radius 2 is 1.50 bits per heavy atom. The number of amides is 2. The zero-order valence-corrected chi connectivity index (χ0v) is 17.4. The molecule has 8 heteroatoms. The zero-order chi connectivity index (χ0) is 21.6. The van der Waals surface area contributed by atoms with Gasteiger partial charge in [-0.1, -0.05) is 0 Å². The van der Waals surface area contributed by atoms with Gasteiger partial charge in [0.25, 0.3) is 5.91 Å². The van der Waals surface area contributed by atoms with Crippen LogP contribution in [0, 0.1) is 0 Å². The minimum atomic E-state index is -0.178. The number of hydrogen-bond acceptors (Lipinski definition) is 6. The van der Waals surface area contributed by atoms with Gasteiger partial charge in [-0.25, -0.2) is 0 Å². The number of ether oxygens (including phenoxy) is 3. The van der Waals surface area contributed by atoms with E-state index in [1.807, 2.05) is 0 Å². The van der Waals surface area contributed by atoms with Crippen LogP contribution >= 0.6 is 0 Å². The Morgan fingerprint density at radius 1 is 0.833 bits per heavy atom. The van der Waals surface area contributed by atoms with E-state index in [1.54, 1.807) is 62.8 Å². The molecule has 0 saturated heterocycles. The molecule has 0 spiro atoms. The summed E-state index contributed by atoms with van der Waals surface area (Å²) in [6, 6.07) is 14.1. The summed E-state index contributed by atoms with van der Waals surface area (Å²) in [5.74, 6) is 0.402. The molecule has 0 saturated carbocycles. The molecule has 2 amide bonds. The van der Waals surface area contributed by atoms with E-state index in [1.165, 1.54) is 0 Å². The minimum absolute atomic E-state index is 0.106. The first-order valence-corrected chi connectivity index (χ1v) is 9.75. The lowest BCUT2D eigenvalue weighted by atomic mass is 10.2. The third-order valence-corrected chi connectivity index (χ3v) is 4.11. The number of nitrogens with one attached hydrogen (secondary N) is 3. The van der Waals surface area contributed by atoms with Crippen molar-refractivity contribution in [3.63, 3.8) is 0 Å². The lowest BCUT2D eigenvalue weighted by Gasteiger charge is -2.10. The molecule has 3 N–H and O–H groups in total. The minimum Gasteiger partial charge on any atom is -0.491 e. The molecule has 0 aliphatic rings. The number of hydrogen-bond donors (Lipinski definition) is 3. The molecule has 0 fully saturated rings. The van der Waals surface area contributed by atoms with Crippen LogP contribution in [0.3, 0.4) is 0 Å². The SMILES string of the molecule is COCCCNC(=O)c1ccc(NCC(=O)Nc2ccc(OCCOC)cc2)cc1. The lowest BCUT2D eigenvalue weighted by molar-refractivity contribution is -0.114. The van der Waals surface area contributed by atoms with E-state index in [0.717, 1.165) is 12.1 Å². The lowest BCUT2D eigenvalue weighted by Crippen LogP contribution is -2.25. The van der Waals surface area contributed by atoms with Gasteiger partial charge in [0.1, 0.15) is 12.4 Å². The van der Waals surface area contributed by atoms with E-state index in [2.05, 4.69) is 16.0 Å². The summed E-state index contributed by atoms with van der Waals surface area (Å²) >= 11 is 0. The number of methoxy groups -OCH3 is 2. The number of benzene rings is 2. The smallest absolute Gasteiger partial charge is 0.251 e. The molecule has 0 radical (unpaired) electrons. The molecule has 2 aromatic carbocycles. The Kier molecular flexibility index (Phi) is 10.2. The van der Waals surface area contributed by atoms with Crippen LogP contribution in [0.1, 0.15) is 16.8 Å². The number of carbonyl (C=O) groups is 2. The van der Waals surface area contributed by atoms with E-state index in [-0.39, 0.29) is 18.4 Å². The van der Waals surface area contributed by atoms with Gasteiger partial charge in [0.05, 0.1) is 13.2 Å². The van der Waals surface area contributed by atoms with Gasteiger partial charge in [0, 0.05) is 44.3 Å². The molecule has 0 unspecified atom stereocenters. The van der Waals surface area contributed by atoms with Gasteiger partial charge in [-0.15, -0.1) is 0 Å². The van der Waals surface area contributed by atoms with Gasteiger partial charge >= 0.3 is 0 Å². The second-order valence-electron chi connectivity index (χ2n) is 6.45. The average Bonchev–Trinajstić information content (AvgIpc) is 2.77. The molecule has 0 bridgehead atoms. The summed E-state index contributed by atoms with van der Waals surface area (Å²) in [6.45, 7) is 2.27. The quantitative estimate of drug-likeness (QED) is 0.435. The van der Waals surface area contributed by atoms with Crippen molar-refractivity contribution >= 4 is 23.2 Å². The predicted octanol–water partition coefficient (Wildman–Crippen LogP) is 2.53. The van der Waals surface area contributed by atoms with Crippen molar-refractivity contribution in [2.45, 2.75) is 6.42 Å². The van der Waals surface area contributed by atoms with Gasteiger partial charge in [0.2, 0.25) is 5.91 Å². The van der Waals surface area contributed by atoms with Gasteiger partial charge in [-0.2, -0.15) is 0 Å². The summed E-state index contributed by atoms with van der Waals surface area (Å²) in [5, 5.41) is 8.68. The van der Waals surface area contributed by atoms with Crippen LogP contribution in [-0.4, -0.2) is 58.9 Å². The predicted molar refractivity (Wildman–Crippen MR) is 116 cm³/mol. The van der Waals surface area contributed by atoms with Crippen LogP contribution in [0.2, 0.25) is 0 Å². The third kappa shape index (κ3) is 8.50.